The summed E-state index contributed by atoms with van der Waals surface area (Å²) in [7, 11) is 0. The molecule has 0 amide bonds. The second kappa shape index (κ2) is 6.33. The molecule has 0 spiro atoms. The maximum atomic E-state index is 9.98. The van der Waals surface area contributed by atoms with Gasteiger partial charge < -0.3 is 15.3 Å². The second-order valence-corrected chi connectivity index (χ2v) is 7.49. The predicted molar refractivity (Wildman–Crippen MR) is 82.8 cm³/mol. The lowest BCUT2D eigenvalue weighted by Gasteiger charge is -2.38. The summed E-state index contributed by atoms with van der Waals surface area (Å²) >= 11 is 0. The minimum atomic E-state index is 0.0557. The first kappa shape index (κ1) is 14.8. The Balaban J connectivity index is 1.54. The van der Waals surface area contributed by atoms with Crippen molar-refractivity contribution in [1.82, 2.24) is 10.2 Å². The van der Waals surface area contributed by atoms with Crippen LogP contribution in [-0.2, 0) is 0 Å². The average molecular weight is 280 g/mol. The highest BCUT2D eigenvalue weighted by Crippen LogP contribution is 2.40. The lowest BCUT2D eigenvalue weighted by atomic mass is 9.84. The van der Waals surface area contributed by atoms with Crippen molar-refractivity contribution >= 4 is 0 Å². The van der Waals surface area contributed by atoms with Crippen LogP contribution in [0.25, 0.3) is 0 Å². The van der Waals surface area contributed by atoms with Gasteiger partial charge in [-0.15, -0.1) is 0 Å². The molecule has 3 nitrogen and oxygen atoms in total. The molecule has 2 aliphatic carbocycles. The van der Waals surface area contributed by atoms with Crippen molar-refractivity contribution in [3.05, 3.63) is 0 Å². The molecule has 3 rings (SSSR count). The minimum absolute atomic E-state index is 0.0557. The molecule has 0 aromatic rings. The second-order valence-electron chi connectivity index (χ2n) is 7.49. The van der Waals surface area contributed by atoms with Crippen LogP contribution in [-0.4, -0.2) is 47.3 Å². The SMILES string of the molecule is CC1CCCCN1CCC1CCCC1(CO)NC1CC1. The highest BCUT2D eigenvalue weighted by Gasteiger charge is 2.45. The van der Waals surface area contributed by atoms with Crippen LogP contribution in [0.5, 0.6) is 0 Å². The quantitative estimate of drug-likeness (QED) is 0.785. The van der Waals surface area contributed by atoms with Gasteiger partial charge in [0.25, 0.3) is 0 Å². The molecule has 2 N–H and O–H groups in total. The molecule has 3 unspecified atom stereocenters. The zero-order chi connectivity index (χ0) is 14.0. The molecule has 116 valence electrons. The van der Waals surface area contributed by atoms with Gasteiger partial charge in [-0.3, -0.25) is 0 Å². The molecule has 3 fully saturated rings. The van der Waals surface area contributed by atoms with E-state index in [0.29, 0.717) is 18.6 Å². The molecule has 3 heteroatoms. The molecule has 1 saturated heterocycles. The molecule has 1 aliphatic heterocycles. The van der Waals surface area contributed by atoms with Gasteiger partial charge in [0.05, 0.1) is 6.61 Å². The topological polar surface area (TPSA) is 35.5 Å². The lowest BCUT2D eigenvalue weighted by Crippen LogP contribution is -2.53. The molecule has 3 atom stereocenters. The predicted octanol–water partition coefficient (Wildman–Crippen LogP) is 2.53. The van der Waals surface area contributed by atoms with Gasteiger partial charge in [-0.2, -0.15) is 0 Å². The molecule has 0 radical (unpaired) electrons. The van der Waals surface area contributed by atoms with Gasteiger partial charge in [0.2, 0.25) is 0 Å². The summed E-state index contributed by atoms with van der Waals surface area (Å²) < 4.78 is 0. The van der Waals surface area contributed by atoms with Gasteiger partial charge in [0.15, 0.2) is 0 Å². The van der Waals surface area contributed by atoms with Gasteiger partial charge in [-0.05, 0) is 70.9 Å². The summed E-state index contributed by atoms with van der Waals surface area (Å²) in [6.45, 7) is 5.25. The summed E-state index contributed by atoms with van der Waals surface area (Å²) in [5, 5.41) is 13.8. The first-order valence-corrected chi connectivity index (χ1v) is 8.86. The fourth-order valence-electron chi connectivity index (χ4n) is 4.45. The largest absolute Gasteiger partial charge is 0.394 e. The van der Waals surface area contributed by atoms with Crippen LogP contribution < -0.4 is 5.32 Å². The Bertz CT molecular complexity index is 318. The Morgan fingerprint density at radius 1 is 1.15 bits per heavy atom. The number of rotatable bonds is 6. The molecule has 0 aromatic heterocycles. The monoisotopic (exact) mass is 280 g/mol. The molecule has 2 saturated carbocycles. The molecular formula is C17H32N2O. The van der Waals surface area contributed by atoms with Crippen LogP contribution in [0, 0.1) is 5.92 Å². The van der Waals surface area contributed by atoms with Gasteiger partial charge >= 0.3 is 0 Å². The van der Waals surface area contributed by atoms with Crippen molar-refractivity contribution < 1.29 is 5.11 Å². The van der Waals surface area contributed by atoms with Gasteiger partial charge in [0, 0.05) is 17.6 Å². The Hall–Kier alpha value is -0.120. The minimum Gasteiger partial charge on any atom is -0.394 e. The van der Waals surface area contributed by atoms with E-state index in [1.165, 1.54) is 70.9 Å². The molecule has 3 aliphatic rings. The molecule has 1 heterocycles. The van der Waals surface area contributed by atoms with E-state index in [2.05, 4.69) is 17.1 Å². The Morgan fingerprint density at radius 2 is 2.00 bits per heavy atom. The van der Waals surface area contributed by atoms with Gasteiger partial charge in [0.1, 0.15) is 0 Å². The third-order valence-corrected chi connectivity index (χ3v) is 6.01. The number of hydrogen-bond donors (Lipinski definition) is 2. The fourth-order valence-corrected chi connectivity index (χ4v) is 4.45. The maximum Gasteiger partial charge on any atom is 0.0616 e. The first-order chi connectivity index (χ1) is 9.73. The van der Waals surface area contributed by atoms with E-state index < -0.39 is 0 Å². The zero-order valence-corrected chi connectivity index (χ0v) is 13.1. The molecule has 0 aromatic carbocycles. The summed E-state index contributed by atoms with van der Waals surface area (Å²) in [5.74, 6) is 0.683. The molecule has 0 bridgehead atoms. The van der Waals surface area contributed by atoms with Crippen molar-refractivity contribution in [1.29, 1.82) is 0 Å². The Morgan fingerprint density at radius 3 is 2.70 bits per heavy atom. The van der Waals surface area contributed by atoms with Crippen LogP contribution in [0.1, 0.15) is 64.7 Å². The highest BCUT2D eigenvalue weighted by atomic mass is 16.3. The molecule has 20 heavy (non-hydrogen) atoms. The van der Waals surface area contributed by atoms with E-state index in [0.717, 1.165) is 6.04 Å². The maximum absolute atomic E-state index is 9.98. The van der Waals surface area contributed by atoms with Gasteiger partial charge in [-0.1, -0.05) is 12.8 Å². The van der Waals surface area contributed by atoms with E-state index in [1.807, 2.05) is 0 Å². The average Bonchev–Trinajstić information content (AvgIpc) is 3.18. The Labute approximate surface area is 124 Å². The van der Waals surface area contributed by atoms with Crippen LogP contribution >= 0.6 is 0 Å². The van der Waals surface area contributed by atoms with E-state index in [1.54, 1.807) is 0 Å². The van der Waals surface area contributed by atoms with Crippen LogP contribution in [0.15, 0.2) is 0 Å². The summed E-state index contributed by atoms with van der Waals surface area (Å²) in [4.78, 5) is 2.68. The molecular weight excluding hydrogens is 248 g/mol. The van der Waals surface area contributed by atoms with Crippen molar-refractivity contribution in [2.45, 2.75) is 82.3 Å². The van der Waals surface area contributed by atoms with E-state index in [4.69, 9.17) is 0 Å². The number of hydrogen-bond acceptors (Lipinski definition) is 3. The number of piperidine rings is 1. The first-order valence-electron chi connectivity index (χ1n) is 8.86. The van der Waals surface area contributed by atoms with Crippen molar-refractivity contribution in [3.8, 4) is 0 Å². The number of aliphatic hydroxyl groups excluding tert-OH is 1. The van der Waals surface area contributed by atoms with Crippen LogP contribution in [0.2, 0.25) is 0 Å². The number of nitrogens with zero attached hydrogens (tertiary/aromatic N) is 1. The van der Waals surface area contributed by atoms with Crippen molar-refractivity contribution in [2.75, 3.05) is 19.7 Å². The van der Waals surface area contributed by atoms with E-state index in [-0.39, 0.29) is 5.54 Å². The number of aliphatic hydroxyl groups is 1. The number of likely N-dealkylation sites (tertiary alicyclic amines) is 1. The smallest absolute Gasteiger partial charge is 0.0616 e. The Kier molecular flexibility index (Phi) is 4.68. The third-order valence-electron chi connectivity index (χ3n) is 6.01. The standard InChI is InChI=1S/C17H32N2O/c1-14-5-2-3-11-19(14)12-9-15-6-4-10-17(15,13-20)18-16-7-8-16/h14-16,18,20H,2-13H2,1H3. The normalized spacial score (nSPS) is 39.3. The van der Waals surface area contributed by atoms with E-state index >= 15 is 0 Å². The summed E-state index contributed by atoms with van der Waals surface area (Å²) in [5.41, 5.74) is 0.0557. The third kappa shape index (κ3) is 3.20. The van der Waals surface area contributed by atoms with Gasteiger partial charge in [-0.25, -0.2) is 0 Å². The number of nitrogens with one attached hydrogen (secondary N) is 1. The van der Waals surface area contributed by atoms with E-state index in [9.17, 15) is 5.11 Å². The van der Waals surface area contributed by atoms with Crippen molar-refractivity contribution in [3.63, 3.8) is 0 Å². The fraction of sp³-hybridized carbons (Fsp3) is 1.00. The highest BCUT2D eigenvalue weighted by molar-refractivity contribution is 5.03. The zero-order valence-electron chi connectivity index (χ0n) is 13.1. The summed E-state index contributed by atoms with van der Waals surface area (Å²) in [6, 6.07) is 1.47. The van der Waals surface area contributed by atoms with Crippen LogP contribution in [0.3, 0.4) is 0 Å². The van der Waals surface area contributed by atoms with Crippen LogP contribution in [0.4, 0.5) is 0 Å². The summed E-state index contributed by atoms with van der Waals surface area (Å²) in [6.07, 6.45) is 11.8. The van der Waals surface area contributed by atoms with Crippen molar-refractivity contribution in [2.24, 2.45) is 5.92 Å². The lowest BCUT2D eigenvalue weighted by molar-refractivity contribution is 0.0962.